The first-order valence-electron chi connectivity index (χ1n) is 10.9. The molecule has 172 valence electrons. The van der Waals surface area contributed by atoms with Gasteiger partial charge < -0.3 is 9.67 Å². The van der Waals surface area contributed by atoms with Crippen LogP contribution in [0, 0.1) is 0 Å². The smallest absolute Gasteiger partial charge is 0.264 e. The summed E-state index contributed by atoms with van der Waals surface area (Å²) < 4.78 is 30.4. The Kier molecular flexibility index (Phi) is 6.04. The number of anilines is 1. The molecule has 0 aliphatic carbocycles. The van der Waals surface area contributed by atoms with E-state index in [9.17, 15) is 13.5 Å². The minimum Gasteiger partial charge on any atom is -0.389 e. The van der Waals surface area contributed by atoms with Crippen LogP contribution in [0.15, 0.2) is 108 Å². The van der Waals surface area contributed by atoms with Gasteiger partial charge in [-0.05, 0) is 48.5 Å². The Hall–Kier alpha value is -3.32. The van der Waals surface area contributed by atoms with Gasteiger partial charge in [0.2, 0.25) is 0 Å². The molecule has 0 bridgehead atoms. The van der Waals surface area contributed by atoms with Gasteiger partial charge in [-0.3, -0.25) is 4.31 Å². The predicted octanol–water partition coefficient (Wildman–Crippen LogP) is 5.70. The van der Waals surface area contributed by atoms with E-state index in [4.69, 9.17) is 11.6 Å². The van der Waals surface area contributed by atoms with E-state index in [0.717, 1.165) is 21.8 Å². The molecule has 7 heteroatoms. The summed E-state index contributed by atoms with van der Waals surface area (Å²) in [5.74, 6) is 0. The molecule has 0 saturated carbocycles. The topological polar surface area (TPSA) is 62.5 Å². The number of benzene rings is 4. The number of halogens is 1. The highest BCUT2D eigenvalue weighted by Gasteiger charge is 2.27. The van der Waals surface area contributed by atoms with Crippen LogP contribution in [0.3, 0.4) is 0 Å². The second-order valence-electron chi connectivity index (χ2n) is 8.12. The first kappa shape index (κ1) is 22.5. The predicted molar refractivity (Wildman–Crippen MR) is 138 cm³/mol. The fraction of sp³-hybridized carbons (Fsp3) is 0.111. The van der Waals surface area contributed by atoms with E-state index in [2.05, 4.69) is 12.1 Å². The largest absolute Gasteiger partial charge is 0.389 e. The van der Waals surface area contributed by atoms with E-state index in [1.807, 2.05) is 41.0 Å². The van der Waals surface area contributed by atoms with E-state index >= 15 is 0 Å². The van der Waals surface area contributed by atoms with Crippen LogP contribution in [0.5, 0.6) is 0 Å². The number of nitrogens with zero attached hydrogens (tertiary/aromatic N) is 2. The van der Waals surface area contributed by atoms with Crippen molar-refractivity contribution in [1.82, 2.24) is 4.57 Å². The number of para-hydroxylation sites is 2. The third-order valence-corrected chi connectivity index (χ3v) is 7.96. The quantitative estimate of drug-likeness (QED) is 0.318. The maximum atomic E-state index is 13.6. The number of rotatable bonds is 7. The zero-order valence-corrected chi connectivity index (χ0v) is 19.8. The van der Waals surface area contributed by atoms with E-state index in [-0.39, 0.29) is 18.0 Å². The van der Waals surface area contributed by atoms with Gasteiger partial charge >= 0.3 is 0 Å². The monoisotopic (exact) mass is 490 g/mol. The van der Waals surface area contributed by atoms with Gasteiger partial charge in [-0.2, -0.15) is 0 Å². The molecule has 1 heterocycles. The number of aliphatic hydroxyl groups excluding tert-OH is 1. The lowest BCUT2D eigenvalue weighted by Crippen LogP contribution is -2.39. The number of aromatic nitrogens is 1. The molecule has 5 aromatic rings. The molecule has 5 nitrogen and oxygen atoms in total. The molecule has 4 aromatic carbocycles. The summed E-state index contributed by atoms with van der Waals surface area (Å²) in [4.78, 5) is 0.161. The third kappa shape index (κ3) is 4.16. The second-order valence-corrected chi connectivity index (χ2v) is 10.4. The Bertz CT molecular complexity index is 1490. The fourth-order valence-corrected chi connectivity index (χ4v) is 5.98. The molecular formula is C27H23ClN2O3S. The van der Waals surface area contributed by atoms with Crippen molar-refractivity contribution in [3.8, 4) is 0 Å². The Labute approximate surface area is 203 Å². The summed E-state index contributed by atoms with van der Waals surface area (Å²) in [5.41, 5.74) is 2.42. The van der Waals surface area contributed by atoms with Gasteiger partial charge in [-0.25, -0.2) is 8.42 Å². The first-order chi connectivity index (χ1) is 16.4. The lowest BCUT2D eigenvalue weighted by Gasteiger charge is -2.27. The molecule has 0 aliphatic heterocycles. The van der Waals surface area contributed by atoms with E-state index < -0.39 is 16.1 Å². The van der Waals surface area contributed by atoms with Crippen LogP contribution in [0.2, 0.25) is 5.02 Å². The van der Waals surface area contributed by atoms with Crippen LogP contribution in [-0.4, -0.2) is 30.7 Å². The van der Waals surface area contributed by atoms with Crippen molar-refractivity contribution in [2.45, 2.75) is 17.5 Å². The summed E-state index contributed by atoms with van der Waals surface area (Å²) in [6.07, 6.45) is -0.964. The minimum atomic E-state index is -3.90. The fourth-order valence-electron chi connectivity index (χ4n) is 4.33. The average Bonchev–Trinajstić information content (AvgIpc) is 3.17. The average molecular weight is 491 g/mol. The van der Waals surface area contributed by atoms with Crippen molar-refractivity contribution >= 4 is 49.1 Å². The maximum absolute atomic E-state index is 13.6. The first-order valence-corrected chi connectivity index (χ1v) is 12.7. The van der Waals surface area contributed by atoms with Crippen LogP contribution in [0.4, 0.5) is 5.69 Å². The highest BCUT2D eigenvalue weighted by molar-refractivity contribution is 7.92. The van der Waals surface area contributed by atoms with Crippen LogP contribution in [0.1, 0.15) is 0 Å². The molecular weight excluding hydrogens is 468 g/mol. The Morgan fingerprint density at radius 2 is 1.29 bits per heavy atom. The number of sulfonamides is 1. The molecule has 0 spiro atoms. The van der Waals surface area contributed by atoms with Crippen LogP contribution in [-0.2, 0) is 16.6 Å². The van der Waals surface area contributed by atoms with E-state index in [0.29, 0.717) is 10.7 Å². The van der Waals surface area contributed by atoms with Crippen molar-refractivity contribution in [2.24, 2.45) is 0 Å². The second kappa shape index (κ2) is 9.14. The third-order valence-electron chi connectivity index (χ3n) is 5.90. The van der Waals surface area contributed by atoms with Crippen molar-refractivity contribution in [2.75, 3.05) is 10.8 Å². The van der Waals surface area contributed by atoms with E-state index in [1.165, 1.54) is 4.31 Å². The Morgan fingerprint density at radius 1 is 0.765 bits per heavy atom. The molecule has 0 fully saturated rings. The summed E-state index contributed by atoms with van der Waals surface area (Å²) in [6.45, 7) is 0.127. The molecule has 1 N–H and O–H groups in total. The van der Waals surface area contributed by atoms with Crippen LogP contribution in [0.25, 0.3) is 21.8 Å². The highest BCUT2D eigenvalue weighted by Crippen LogP contribution is 2.30. The number of hydrogen-bond donors (Lipinski definition) is 1. The standard InChI is InChI=1S/C27H23ClN2O3S/c28-20-14-16-21(17-15-20)30(34(32,33)23-8-2-1-3-9-23)19-22(31)18-29-26-12-6-4-10-24(26)25-11-5-7-13-27(25)29/h1-17,22,31H,18-19H2. The van der Waals surface area contributed by atoms with Crippen LogP contribution < -0.4 is 4.31 Å². The lowest BCUT2D eigenvalue weighted by atomic mass is 10.2. The molecule has 1 atom stereocenters. The maximum Gasteiger partial charge on any atom is 0.264 e. The Morgan fingerprint density at radius 3 is 1.88 bits per heavy atom. The van der Waals surface area contributed by atoms with Crippen molar-refractivity contribution in [3.05, 3.63) is 108 Å². The van der Waals surface area contributed by atoms with Crippen molar-refractivity contribution in [1.29, 1.82) is 0 Å². The molecule has 1 unspecified atom stereocenters. The zero-order valence-electron chi connectivity index (χ0n) is 18.3. The summed E-state index contributed by atoms with van der Waals surface area (Å²) in [6, 6.07) is 30.9. The molecule has 0 aliphatic rings. The number of fused-ring (bicyclic) bond motifs is 3. The molecule has 1 aromatic heterocycles. The zero-order chi connectivity index (χ0) is 23.7. The summed E-state index contributed by atoms with van der Waals surface area (Å²) >= 11 is 6.04. The number of aliphatic hydroxyl groups is 1. The van der Waals surface area contributed by atoms with Gasteiger partial charge in [0.15, 0.2) is 0 Å². The summed E-state index contributed by atoms with van der Waals surface area (Å²) in [7, 11) is -3.90. The minimum absolute atomic E-state index is 0.111. The van der Waals surface area contributed by atoms with Crippen molar-refractivity contribution < 1.29 is 13.5 Å². The normalized spacial score (nSPS) is 12.8. The number of hydrogen-bond acceptors (Lipinski definition) is 3. The van der Waals surface area contributed by atoms with Gasteiger partial charge in [-0.1, -0.05) is 66.2 Å². The van der Waals surface area contributed by atoms with Gasteiger partial charge in [0.1, 0.15) is 0 Å². The lowest BCUT2D eigenvalue weighted by molar-refractivity contribution is 0.166. The van der Waals surface area contributed by atoms with Crippen LogP contribution >= 0.6 is 11.6 Å². The molecule has 0 amide bonds. The Balaban J connectivity index is 1.53. The molecule has 0 radical (unpaired) electrons. The van der Waals surface area contributed by atoms with Crippen molar-refractivity contribution in [3.63, 3.8) is 0 Å². The van der Waals surface area contributed by atoms with Gasteiger partial charge in [0.25, 0.3) is 10.0 Å². The van der Waals surface area contributed by atoms with Gasteiger partial charge in [-0.15, -0.1) is 0 Å². The highest BCUT2D eigenvalue weighted by atomic mass is 35.5. The molecule has 5 rings (SSSR count). The van der Waals surface area contributed by atoms with E-state index in [1.54, 1.807) is 54.6 Å². The molecule has 0 saturated heterocycles. The van der Waals surface area contributed by atoms with Gasteiger partial charge in [0, 0.05) is 26.8 Å². The summed E-state index contributed by atoms with van der Waals surface area (Å²) in [5, 5.41) is 13.9. The SMILES string of the molecule is O=S(=O)(c1ccccc1)N(CC(O)Cn1c2ccccc2c2ccccc21)c1ccc(Cl)cc1. The molecule has 34 heavy (non-hydrogen) atoms. The van der Waals surface area contributed by atoms with Gasteiger partial charge in [0.05, 0.1) is 29.8 Å².